The highest BCUT2D eigenvalue weighted by Crippen LogP contribution is 2.18. The number of amides is 1. The molecular weight excluding hydrogens is 476 g/mol. The van der Waals surface area contributed by atoms with E-state index in [9.17, 15) is 27.9 Å². The first-order chi connectivity index (χ1) is 16.4. The van der Waals surface area contributed by atoms with Crippen LogP contribution in [0, 0.1) is 5.92 Å². The average molecular weight is 507 g/mol. The van der Waals surface area contributed by atoms with Crippen LogP contribution in [0.2, 0.25) is 0 Å². The Kier molecular flexibility index (Phi) is 9.54. The predicted molar refractivity (Wildman–Crippen MR) is 130 cm³/mol. The third-order valence-corrected chi connectivity index (χ3v) is 6.73. The fourth-order valence-corrected chi connectivity index (χ4v) is 4.54. The molecule has 0 fully saturated rings. The number of carboxylic acid groups (broad SMARTS) is 1. The molecule has 1 aliphatic heterocycles. The second kappa shape index (κ2) is 12.1. The van der Waals surface area contributed by atoms with E-state index in [4.69, 9.17) is 11.5 Å². The van der Waals surface area contributed by atoms with Crippen LogP contribution in [0.25, 0.3) is 0 Å². The number of carboxylic acids is 1. The van der Waals surface area contributed by atoms with Crippen molar-refractivity contribution in [1.82, 2.24) is 14.6 Å². The molecular formula is C22H30N6O6S. The Morgan fingerprint density at radius 2 is 1.86 bits per heavy atom. The summed E-state index contributed by atoms with van der Waals surface area (Å²) in [6.45, 7) is 2.17. The number of carbonyl (C=O) groups excluding carboxylic acids is 1. The number of guanidine groups is 1. The first-order valence-corrected chi connectivity index (χ1v) is 12.2. The van der Waals surface area contributed by atoms with Gasteiger partial charge in [-0.25, -0.2) is 8.42 Å². The molecule has 3 rings (SSSR count). The third-order valence-electron chi connectivity index (χ3n) is 5.24. The van der Waals surface area contributed by atoms with E-state index >= 15 is 0 Å². The number of fused-ring (bicyclic) bond motifs is 1. The molecule has 13 heteroatoms. The Morgan fingerprint density at radius 3 is 2.43 bits per heavy atom. The number of aliphatic carboxylic acids is 1. The lowest BCUT2D eigenvalue weighted by Gasteiger charge is -2.24. The summed E-state index contributed by atoms with van der Waals surface area (Å²) in [5.41, 5.74) is 10.2. The van der Waals surface area contributed by atoms with Gasteiger partial charge in [-0.3, -0.25) is 19.4 Å². The van der Waals surface area contributed by atoms with Crippen LogP contribution in [0.5, 0.6) is 0 Å². The van der Waals surface area contributed by atoms with Gasteiger partial charge in [-0.1, -0.05) is 25.1 Å². The van der Waals surface area contributed by atoms with Gasteiger partial charge in [-0.05, 0) is 37.0 Å². The van der Waals surface area contributed by atoms with Crippen LogP contribution in [0.4, 0.5) is 0 Å². The topological polar surface area (TPSA) is 199 Å². The quantitative estimate of drug-likeness (QED) is 0.244. The molecule has 190 valence electrons. The Balaban J connectivity index is 0.000000784. The molecule has 0 aliphatic carbocycles. The predicted octanol–water partition coefficient (Wildman–Crippen LogP) is -0.518. The number of aliphatic imine (C=N–C) groups is 1. The molecule has 7 N–H and O–H groups in total. The molecule has 2 heterocycles. The van der Waals surface area contributed by atoms with E-state index in [2.05, 4.69) is 22.0 Å². The molecule has 1 amide bonds. The van der Waals surface area contributed by atoms with Gasteiger partial charge in [0.05, 0.1) is 4.90 Å². The fraction of sp³-hybridized carbons (Fsp3) is 0.364. The number of sulfonamides is 1. The first-order valence-electron chi connectivity index (χ1n) is 10.7. The van der Waals surface area contributed by atoms with Gasteiger partial charge >= 0.3 is 5.97 Å². The molecule has 0 saturated carbocycles. The highest BCUT2D eigenvalue weighted by Gasteiger charge is 2.26. The van der Waals surface area contributed by atoms with Crippen molar-refractivity contribution in [3.63, 3.8) is 0 Å². The molecule has 0 spiro atoms. The zero-order valence-corrected chi connectivity index (χ0v) is 20.3. The Hall–Kier alpha value is -3.71. The van der Waals surface area contributed by atoms with Crippen molar-refractivity contribution in [1.29, 1.82) is 0 Å². The summed E-state index contributed by atoms with van der Waals surface area (Å²) in [5, 5.41) is 11.8. The van der Waals surface area contributed by atoms with Crippen LogP contribution in [-0.2, 0) is 27.8 Å². The lowest BCUT2D eigenvalue weighted by atomic mass is 9.98. The van der Waals surface area contributed by atoms with Crippen molar-refractivity contribution >= 4 is 27.9 Å². The van der Waals surface area contributed by atoms with E-state index < -0.39 is 34.5 Å². The summed E-state index contributed by atoms with van der Waals surface area (Å²) >= 11 is 0. The lowest BCUT2D eigenvalue weighted by molar-refractivity contribution is -0.138. The van der Waals surface area contributed by atoms with E-state index in [0.717, 1.165) is 12.1 Å². The number of aromatic nitrogens is 1. The van der Waals surface area contributed by atoms with Crippen LogP contribution in [0.15, 0.2) is 57.1 Å². The molecule has 12 nitrogen and oxygen atoms in total. The zero-order chi connectivity index (χ0) is 26.2. The van der Waals surface area contributed by atoms with Crippen molar-refractivity contribution < 1.29 is 23.1 Å². The Labute approximate surface area is 203 Å². The van der Waals surface area contributed by atoms with Crippen LogP contribution in [0.1, 0.15) is 29.4 Å². The van der Waals surface area contributed by atoms with E-state index in [1.807, 2.05) is 0 Å². The molecule has 2 aromatic rings. The molecule has 2 atom stereocenters. The highest BCUT2D eigenvalue weighted by molar-refractivity contribution is 7.89. The van der Waals surface area contributed by atoms with Gasteiger partial charge in [-0.15, -0.1) is 0 Å². The SMILES string of the molecule is CC1CCc2cc(C(=O)NCC(NS(=O)(=O)c3ccccc3)C(=O)O)cc(=O)n2C1.CN=C(N)N. The molecule has 35 heavy (non-hydrogen) atoms. The largest absolute Gasteiger partial charge is 0.480 e. The summed E-state index contributed by atoms with van der Waals surface area (Å²) < 4.78 is 28.4. The van der Waals surface area contributed by atoms with E-state index in [1.165, 1.54) is 37.4 Å². The van der Waals surface area contributed by atoms with Gasteiger partial charge < -0.3 is 26.5 Å². The normalized spacial score (nSPS) is 15.5. The maximum Gasteiger partial charge on any atom is 0.323 e. The number of nitrogens with one attached hydrogen (secondary N) is 2. The highest BCUT2D eigenvalue weighted by atomic mass is 32.2. The van der Waals surface area contributed by atoms with Gasteiger partial charge in [0, 0.05) is 37.5 Å². The van der Waals surface area contributed by atoms with Gasteiger partial charge in [0.1, 0.15) is 6.04 Å². The molecule has 0 radical (unpaired) electrons. The summed E-state index contributed by atoms with van der Waals surface area (Å²) in [7, 11) is -2.54. The Bertz CT molecular complexity index is 1240. The molecule has 1 aromatic carbocycles. The number of pyridine rings is 1. The number of aryl methyl sites for hydroxylation is 1. The van der Waals surface area contributed by atoms with Gasteiger partial charge in [0.25, 0.3) is 11.5 Å². The first kappa shape index (κ1) is 27.5. The number of benzene rings is 1. The average Bonchev–Trinajstić information content (AvgIpc) is 2.82. The monoisotopic (exact) mass is 506 g/mol. The van der Waals surface area contributed by atoms with Gasteiger partial charge in [0.2, 0.25) is 10.0 Å². The van der Waals surface area contributed by atoms with Crippen molar-refractivity contribution in [2.24, 2.45) is 22.4 Å². The summed E-state index contributed by atoms with van der Waals surface area (Å²) in [5.74, 6) is -1.57. The molecule has 2 unspecified atom stereocenters. The fourth-order valence-electron chi connectivity index (χ4n) is 3.33. The number of rotatable bonds is 7. The number of hydrogen-bond acceptors (Lipinski definition) is 6. The summed E-state index contributed by atoms with van der Waals surface area (Å²) in [4.78, 5) is 39.6. The minimum absolute atomic E-state index is 0.0838. The maximum atomic E-state index is 12.5. The number of nitrogens with two attached hydrogens (primary N) is 2. The van der Waals surface area contributed by atoms with Crippen molar-refractivity contribution in [3.05, 3.63) is 64.1 Å². The molecule has 0 saturated heterocycles. The van der Waals surface area contributed by atoms with Crippen molar-refractivity contribution in [3.8, 4) is 0 Å². The maximum absolute atomic E-state index is 12.5. The summed E-state index contributed by atoms with van der Waals surface area (Å²) in [6, 6.07) is 8.59. The number of nitrogens with zero attached hydrogens (tertiary/aromatic N) is 2. The summed E-state index contributed by atoms with van der Waals surface area (Å²) in [6.07, 6.45) is 1.58. The van der Waals surface area contributed by atoms with Gasteiger partial charge in [0.15, 0.2) is 5.96 Å². The standard InChI is InChI=1S/C20H23N3O6S.C2H7N3/c1-13-7-8-15-9-14(10-18(24)23(15)12-13)19(25)21-11-17(20(26)27)22-30(28,29)16-5-3-2-4-6-16;1-5-2(3)4/h2-6,9-10,13,17,22H,7-8,11-12H2,1H3,(H,21,25)(H,26,27);1H3,(H4,3,4,5). The number of carbonyl (C=O) groups is 2. The Morgan fingerprint density at radius 1 is 1.23 bits per heavy atom. The van der Waals surface area contributed by atoms with Crippen molar-refractivity contribution in [2.45, 2.75) is 37.2 Å². The van der Waals surface area contributed by atoms with Crippen molar-refractivity contribution in [2.75, 3.05) is 13.6 Å². The lowest BCUT2D eigenvalue weighted by Crippen LogP contribution is -2.48. The second-order valence-electron chi connectivity index (χ2n) is 8.01. The molecule has 0 bridgehead atoms. The smallest absolute Gasteiger partial charge is 0.323 e. The molecule has 1 aromatic heterocycles. The second-order valence-corrected chi connectivity index (χ2v) is 9.73. The minimum atomic E-state index is -4.08. The minimum Gasteiger partial charge on any atom is -0.480 e. The van der Waals surface area contributed by atoms with Crippen LogP contribution in [0.3, 0.4) is 0 Å². The van der Waals surface area contributed by atoms with Crippen LogP contribution < -0.4 is 27.1 Å². The van der Waals surface area contributed by atoms with E-state index in [0.29, 0.717) is 18.9 Å². The molecule has 1 aliphatic rings. The number of hydrogen-bond donors (Lipinski definition) is 5. The van der Waals surface area contributed by atoms with Crippen LogP contribution in [-0.4, -0.2) is 55.6 Å². The van der Waals surface area contributed by atoms with Gasteiger partial charge in [-0.2, -0.15) is 4.72 Å². The van der Waals surface area contributed by atoms with E-state index in [-0.39, 0.29) is 22.0 Å². The zero-order valence-electron chi connectivity index (χ0n) is 19.5. The van der Waals surface area contributed by atoms with Crippen LogP contribution >= 0.6 is 0 Å². The third kappa shape index (κ3) is 7.93. The van der Waals surface area contributed by atoms with E-state index in [1.54, 1.807) is 16.7 Å².